The third kappa shape index (κ3) is 6.10. The van der Waals surface area contributed by atoms with E-state index in [2.05, 4.69) is 10.4 Å². The van der Waals surface area contributed by atoms with E-state index in [0.29, 0.717) is 27.8 Å². The lowest BCUT2D eigenvalue weighted by molar-refractivity contribution is -0.140. The Hall–Kier alpha value is -4.63. The lowest BCUT2D eigenvalue weighted by Gasteiger charge is -2.11. The minimum absolute atomic E-state index is 0.0469. The molecule has 4 aromatic rings. The number of nitrogens with one attached hydrogen (secondary N) is 1. The SMILES string of the molecule is CS(=O)(=O)c1ccccc1-c1ccc(Cn2nc(C(F)(F)F)c(N)c2C(=O)NCc2cccc(C#N)c2)cc1. The second-order valence-corrected chi connectivity index (χ2v) is 10.7. The molecule has 1 heterocycles. The molecule has 0 aliphatic carbocycles. The molecule has 0 radical (unpaired) electrons. The van der Waals surface area contributed by atoms with E-state index in [1.54, 1.807) is 66.7 Å². The number of hydrogen-bond donors (Lipinski definition) is 2. The number of nitrogens with two attached hydrogens (primary N) is 1. The number of anilines is 1. The third-order valence-corrected chi connectivity index (χ3v) is 7.02. The smallest absolute Gasteiger partial charge is 0.395 e. The predicted octanol–water partition coefficient (Wildman–Crippen LogP) is 4.40. The molecule has 0 saturated heterocycles. The summed E-state index contributed by atoms with van der Waals surface area (Å²) >= 11 is 0. The fraction of sp³-hybridized carbons (Fsp3) is 0.148. The fourth-order valence-electron chi connectivity index (χ4n) is 4.05. The van der Waals surface area contributed by atoms with Gasteiger partial charge in [0.05, 0.1) is 28.8 Å². The van der Waals surface area contributed by atoms with Gasteiger partial charge in [-0.1, -0.05) is 54.6 Å². The molecule has 0 bridgehead atoms. The van der Waals surface area contributed by atoms with E-state index >= 15 is 0 Å². The summed E-state index contributed by atoms with van der Waals surface area (Å²) in [5, 5.41) is 15.2. The molecule has 1 amide bonds. The Morgan fingerprint density at radius 2 is 1.74 bits per heavy atom. The van der Waals surface area contributed by atoms with Gasteiger partial charge in [-0.3, -0.25) is 9.48 Å². The van der Waals surface area contributed by atoms with Crippen molar-refractivity contribution in [2.75, 3.05) is 12.0 Å². The number of amides is 1. The van der Waals surface area contributed by atoms with Crippen LogP contribution in [0.5, 0.6) is 0 Å². The van der Waals surface area contributed by atoms with Crippen LogP contribution in [0.1, 0.15) is 32.9 Å². The second kappa shape index (κ2) is 10.6. The molecule has 0 saturated carbocycles. The molecule has 1 aromatic heterocycles. The first-order valence-corrected chi connectivity index (χ1v) is 13.4. The van der Waals surface area contributed by atoms with Crippen molar-refractivity contribution in [1.29, 1.82) is 5.26 Å². The standard InChI is InChI=1S/C27H22F3N5O3S/c1-39(37,38)22-8-3-2-7-21(22)20-11-9-17(10-12-20)16-35-24(23(32)25(34-35)27(28,29)30)26(36)33-15-19-6-4-5-18(13-19)14-31/h2-13H,15-16,32H2,1H3,(H,33,36). The number of rotatable bonds is 7. The quantitative estimate of drug-likeness (QED) is 0.349. The van der Waals surface area contributed by atoms with Crippen LogP contribution in [-0.4, -0.2) is 30.4 Å². The molecule has 39 heavy (non-hydrogen) atoms. The normalized spacial score (nSPS) is 11.7. The molecule has 0 spiro atoms. The van der Waals surface area contributed by atoms with E-state index in [1.807, 2.05) is 6.07 Å². The zero-order valence-corrected chi connectivity index (χ0v) is 21.3. The number of nitrogens with zero attached hydrogens (tertiary/aromatic N) is 3. The fourth-order valence-corrected chi connectivity index (χ4v) is 4.96. The monoisotopic (exact) mass is 553 g/mol. The van der Waals surface area contributed by atoms with Gasteiger partial charge in [-0.05, 0) is 34.9 Å². The van der Waals surface area contributed by atoms with E-state index in [-0.39, 0.29) is 18.0 Å². The van der Waals surface area contributed by atoms with Gasteiger partial charge >= 0.3 is 6.18 Å². The average Bonchev–Trinajstić information content (AvgIpc) is 3.23. The van der Waals surface area contributed by atoms with Gasteiger partial charge < -0.3 is 11.1 Å². The third-order valence-electron chi connectivity index (χ3n) is 5.87. The summed E-state index contributed by atoms with van der Waals surface area (Å²) in [4.78, 5) is 13.1. The zero-order valence-electron chi connectivity index (χ0n) is 20.5. The predicted molar refractivity (Wildman–Crippen MR) is 138 cm³/mol. The van der Waals surface area contributed by atoms with Crippen LogP contribution in [0.25, 0.3) is 11.1 Å². The largest absolute Gasteiger partial charge is 0.437 e. The first-order chi connectivity index (χ1) is 18.4. The van der Waals surface area contributed by atoms with Crippen LogP contribution in [0, 0.1) is 11.3 Å². The molecule has 0 aliphatic heterocycles. The molecular formula is C27H22F3N5O3S. The lowest BCUT2D eigenvalue weighted by Crippen LogP contribution is -2.27. The molecule has 3 aromatic carbocycles. The Morgan fingerprint density at radius 1 is 1.05 bits per heavy atom. The first kappa shape index (κ1) is 27.4. The number of carbonyl (C=O) groups excluding carboxylic acids is 1. The summed E-state index contributed by atoms with van der Waals surface area (Å²) in [7, 11) is -3.50. The minimum atomic E-state index is -4.88. The van der Waals surface area contributed by atoms with Crippen LogP contribution in [-0.2, 0) is 29.1 Å². The van der Waals surface area contributed by atoms with Gasteiger partial charge in [0.1, 0.15) is 5.69 Å². The van der Waals surface area contributed by atoms with Crippen molar-refractivity contribution in [2.45, 2.75) is 24.2 Å². The topological polar surface area (TPSA) is 131 Å². The number of nitriles is 1. The summed E-state index contributed by atoms with van der Waals surface area (Å²) in [6, 6.07) is 21.3. The Balaban J connectivity index is 1.63. The van der Waals surface area contributed by atoms with Crippen LogP contribution in [0.15, 0.2) is 77.7 Å². The first-order valence-electron chi connectivity index (χ1n) is 11.5. The lowest BCUT2D eigenvalue weighted by atomic mass is 10.0. The molecule has 3 N–H and O–H groups in total. The molecule has 200 valence electrons. The molecule has 12 heteroatoms. The average molecular weight is 554 g/mol. The van der Waals surface area contributed by atoms with Gasteiger partial charge in [-0.2, -0.15) is 23.5 Å². The van der Waals surface area contributed by atoms with Crippen molar-refractivity contribution in [3.8, 4) is 17.2 Å². The van der Waals surface area contributed by atoms with Crippen molar-refractivity contribution in [1.82, 2.24) is 15.1 Å². The summed E-state index contributed by atoms with van der Waals surface area (Å²) in [5.41, 5.74) is 5.64. The van der Waals surface area contributed by atoms with Crippen molar-refractivity contribution in [2.24, 2.45) is 0 Å². The van der Waals surface area contributed by atoms with Crippen molar-refractivity contribution in [3.63, 3.8) is 0 Å². The molecule has 0 aliphatic rings. The highest BCUT2D eigenvalue weighted by Crippen LogP contribution is 2.35. The van der Waals surface area contributed by atoms with Crippen molar-refractivity contribution >= 4 is 21.4 Å². The van der Waals surface area contributed by atoms with Gasteiger partial charge in [0.15, 0.2) is 15.5 Å². The number of hydrogen-bond acceptors (Lipinski definition) is 6. The number of sulfone groups is 1. The van der Waals surface area contributed by atoms with Crippen LogP contribution < -0.4 is 11.1 Å². The number of aromatic nitrogens is 2. The van der Waals surface area contributed by atoms with Crippen LogP contribution in [0.4, 0.5) is 18.9 Å². The highest BCUT2D eigenvalue weighted by molar-refractivity contribution is 7.90. The second-order valence-electron chi connectivity index (χ2n) is 8.73. The summed E-state index contributed by atoms with van der Waals surface area (Å²) < 4.78 is 66.0. The highest BCUT2D eigenvalue weighted by atomic mass is 32.2. The Morgan fingerprint density at radius 3 is 2.38 bits per heavy atom. The van der Waals surface area contributed by atoms with Crippen molar-refractivity contribution < 1.29 is 26.4 Å². The Labute approximate surface area is 222 Å². The maximum atomic E-state index is 13.6. The van der Waals surface area contributed by atoms with Crippen LogP contribution in [0.2, 0.25) is 0 Å². The maximum Gasteiger partial charge on any atom is 0.437 e. The maximum absolute atomic E-state index is 13.6. The van der Waals surface area contributed by atoms with Gasteiger partial charge in [-0.25, -0.2) is 8.42 Å². The van der Waals surface area contributed by atoms with Gasteiger partial charge in [0, 0.05) is 18.4 Å². The Kier molecular flexibility index (Phi) is 7.47. The number of benzene rings is 3. The van der Waals surface area contributed by atoms with Crippen molar-refractivity contribution in [3.05, 3.63) is 101 Å². The Bertz CT molecular complexity index is 1690. The van der Waals surface area contributed by atoms with E-state index < -0.39 is 39.0 Å². The van der Waals surface area contributed by atoms with Crippen LogP contribution >= 0.6 is 0 Å². The molecule has 8 nitrogen and oxygen atoms in total. The summed E-state index contributed by atoms with van der Waals surface area (Å²) in [6.07, 6.45) is -3.78. The van der Waals surface area contributed by atoms with Gasteiger partial charge in [0.25, 0.3) is 5.91 Å². The molecule has 4 rings (SSSR count). The summed E-state index contributed by atoms with van der Waals surface area (Å²) in [6.45, 7) is -0.254. The van der Waals surface area contributed by atoms with Gasteiger partial charge in [-0.15, -0.1) is 0 Å². The molecule has 0 unspecified atom stereocenters. The molecule has 0 atom stereocenters. The number of halogens is 3. The van der Waals surface area contributed by atoms with E-state index in [4.69, 9.17) is 11.0 Å². The van der Waals surface area contributed by atoms with Crippen LogP contribution in [0.3, 0.4) is 0 Å². The van der Waals surface area contributed by atoms with E-state index in [9.17, 15) is 26.4 Å². The van der Waals surface area contributed by atoms with E-state index in [1.165, 1.54) is 6.07 Å². The molecular weight excluding hydrogens is 531 g/mol. The minimum Gasteiger partial charge on any atom is -0.395 e. The number of alkyl halides is 3. The zero-order chi connectivity index (χ0) is 28.4. The highest BCUT2D eigenvalue weighted by Gasteiger charge is 2.39. The van der Waals surface area contributed by atoms with Gasteiger partial charge in [0.2, 0.25) is 0 Å². The number of nitrogen functional groups attached to an aromatic ring is 1. The molecule has 0 fully saturated rings. The number of carbonyl (C=O) groups is 1. The summed E-state index contributed by atoms with van der Waals surface area (Å²) in [5.74, 6) is -0.864. The van der Waals surface area contributed by atoms with E-state index in [0.717, 1.165) is 10.9 Å².